The Bertz CT molecular complexity index is 768. The molecule has 2 aromatic rings. The Morgan fingerprint density at radius 3 is 2.74 bits per heavy atom. The van der Waals surface area contributed by atoms with Gasteiger partial charge in [-0.1, -0.05) is 23.7 Å². The summed E-state index contributed by atoms with van der Waals surface area (Å²) in [6, 6.07) is 7.27. The van der Waals surface area contributed by atoms with E-state index in [-0.39, 0.29) is 18.0 Å². The number of nitrogens with zero attached hydrogens (tertiary/aromatic N) is 2. The van der Waals surface area contributed by atoms with E-state index in [1.807, 2.05) is 12.1 Å². The van der Waals surface area contributed by atoms with Crippen LogP contribution in [0.15, 0.2) is 35.4 Å². The first-order chi connectivity index (χ1) is 11.1. The van der Waals surface area contributed by atoms with Crippen LogP contribution in [0, 0.1) is 0 Å². The second kappa shape index (κ2) is 6.96. The minimum atomic E-state index is -0.209. The van der Waals surface area contributed by atoms with Crippen molar-refractivity contribution in [1.29, 1.82) is 0 Å². The third-order valence-corrected chi connectivity index (χ3v) is 4.28. The predicted molar refractivity (Wildman–Crippen MR) is 88.4 cm³/mol. The molecule has 0 aliphatic heterocycles. The molecule has 1 N–H and O–H groups in total. The van der Waals surface area contributed by atoms with Crippen molar-refractivity contribution in [3.05, 3.63) is 62.8 Å². The zero-order valence-electron chi connectivity index (χ0n) is 12.7. The number of aryl methyl sites for hydroxylation is 1. The Hall–Kier alpha value is -2.14. The molecule has 1 aliphatic carbocycles. The van der Waals surface area contributed by atoms with E-state index in [0.717, 1.165) is 42.5 Å². The van der Waals surface area contributed by atoms with Crippen molar-refractivity contribution in [3.63, 3.8) is 0 Å². The lowest BCUT2D eigenvalue weighted by atomic mass is 9.97. The zero-order valence-corrected chi connectivity index (χ0v) is 13.5. The largest absolute Gasteiger partial charge is 0.350 e. The summed E-state index contributed by atoms with van der Waals surface area (Å²) in [5.41, 5.74) is 2.53. The van der Waals surface area contributed by atoms with Gasteiger partial charge in [-0.25, -0.2) is 4.98 Å². The molecule has 3 rings (SSSR count). The van der Waals surface area contributed by atoms with Gasteiger partial charge in [0, 0.05) is 17.1 Å². The van der Waals surface area contributed by atoms with E-state index in [4.69, 9.17) is 11.6 Å². The van der Waals surface area contributed by atoms with Gasteiger partial charge in [0.15, 0.2) is 0 Å². The number of amides is 1. The van der Waals surface area contributed by atoms with Crippen LogP contribution in [0.4, 0.5) is 0 Å². The number of benzene rings is 1. The minimum Gasteiger partial charge on any atom is -0.350 e. The zero-order chi connectivity index (χ0) is 16.2. The molecule has 23 heavy (non-hydrogen) atoms. The molecule has 1 aliphatic rings. The van der Waals surface area contributed by atoms with Crippen molar-refractivity contribution >= 4 is 17.5 Å². The first-order valence-corrected chi connectivity index (χ1v) is 8.09. The van der Waals surface area contributed by atoms with Crippen molar-refractivity contribution in [2.24, 2.45) is 0 Å². The van der Waals surface area contributed by atoms with Gasteiger partial charge in [0.2, 0.25) is 5.91 Å². The van der Waals surface area contributed by atoms with Gasteiger partial charge in [-0.15, -0.1) is 0 Å². The van der Waals surface area contributed by atoms with Crippen molar-refractivity contribution in [3.8, 4) is 0 Å². The minimum absolute atomic E-state index is 0.00724. The second-order valence-corrected chi connectivity index (χ2v) is 6.15. The molecule has 0 fully saturated rings. The average molecular weight is 332 g/mol. The average Bonchev–Trinajstić information content (AvgIpc) is 2.57. The third kappa shape index (κ3) is 3.79. The number of rotatable bonds is 4. The number of nitrogens with one attached hydrogen (secondary N) is 1. The van der Waals surface area contributed by atoms with Gasteiger partial charge in [-0.3, -0.25) is 14.2 Å². The fraction of sp³-hybridized carbons (Fsp3) is 0.353. The Morgan fingerprint density at radius 1 is 1.22 bits per heavy atom. The van der Waals surface area contributed by atoms with Gasteiger partial charge >= 0.3 is 0 Å². The maximum Gasteiger partial charge on any atom is 0.257 e. The van der Waals surface area contributed by atoms with E-state index in [1.165, 1.54) is 10.9 Å². The summed E-state index contributed by atoms with van der Waals surface area (Å²) in [5.74, 6) is -0.209. The van der Waals surface area contributed by atoms with E-state index in [0.29, 0.717) is 11.6 Å². The van der Waals surface area contributed by atoms with Gasteiger partial charge < -0.3 is 5.32 Å². The summed E-state index contributed by atoms with van der Waals surface area (Å²) in [6.07, 6.45) is 5.18. The highest BCUT2D eigenvalue weighted by molar-refractivity contribution is 6.30. The molecular weight excluding hydrogens is 314 g/mol. The number of hydrogen-bond donors (Lipinski definition) is 1. The van der Waals surface area contributed by atoms with Crippen LogP contribution in [0.25, 0.3) is 0 Å². The van der Waals surface area contributed by atoms with E-state index < -0.39 is 0 Å². The van der Waals surface area contributed by atoms with Crippen LogP contribution >= 0.6 is 11.6 Å². The summed E-state index contributed by atoms with van der Waals surface area (Å²) < 4.78 is 1.39. The number of fused-ring (bicyclic) bond motifs is 1. The van der Waals surface area contributed by atoms with Crippen LogP contribution < -0.4 is 10.9 Å². The van der Waals surface area contributed by atoms with Crippen LogP contribution in [0.1, 0.15) is 29.7 Å². The van der Waals surface area contributed by atoms with Crippen LogP contribution in [0.5, 0.6) is 0 Å². The Labute approximate surface area is 139 Å². The maximum atomic E-state index is 12.4. The lowest BCUT2D eigenvalue weighted by Crippen LogP contribution is -2.34. The normalized spacial score (nSPS) is 13.4. The Morgan fingerprint density at radius 2 is 1.96 bits per heavy atom. The van der Waals surface area contributed by atoms with Gasteiger partial charge in [0.05, 0.1) is 12.0 Å². The smallest absolute Gasteiger partial charge is 0.257 e. The van der Waals surface area contributed by atoms with E-state index in [1.54, 1.807) is 12.1 Å². The molecule has 0 spiro atoms. The lowest BCUT2D eigenvalue weighted by Gasteiger charge is -2.15. The standard InChI is InChI=1S/C17H18ClN3O2/c18-13-7-5-12(6-8-13)9-19-16(22)10-21-11-20-15-4-2-1-3-14(15)17(21)23/h5-8,11H,1-4,9-10H2,(H,19,22). The molecule has 0 saturated carbocycles. The molecular formula is C17H18ClN3O2. The van der Waals surface area contributed by atoms with Gasteiger partial charge in [0.1, 0.15) is 6.54 Å². The van der Waals surface area contributed by atoms with Crippen molar-refractivity contribution < 1.29 is 4.79 Å². The molecule has 0 unspecified atom stereocenters. The third-order valence-electron chi connectivity index (χ3n) is 4.03. The summed E-state index contributed by atoms with van der Waals surface area (Å²) in [7, 11) is 0. The number of hydrogen-bond acceptors (Lipinski definition) is 3. The van der Waals surface area contributed by atoms with Gasteiger partial charge in [-0.2, -0.15) is 0 Å². The van der Waals surface area contributed by atoms with E-state index in [2.05, 4.69) is 10.3 Å². The molecule has 1 aromatic carbocycles. The highest BCUT2D eigenvalue weighted by atomic mass is 35.5. The first-order valence-electron chi connectivity index (χ1n) is 7.72. The number of carbonyl (C=O) groups is 1. The molecule has 0 radical (unpaired) electrons. The quantitative estimate of drug-likeness (QED) is 0.933. The Balaban J connectivity index is 1.64. The molecule has 6 heteroatoms. The molecule has 1 aromatic heterocycles. The molecule has 0 saturated heterocycles. The number of halogens is 1. The summed E-state index contributed by atoms with van der Waals surface area (Å²) in [6.45, 7) is 0.399. The van der Waals surface area contributed by atoms with Crippen molar-refractivity contribution in [1.82, 2.24) is 14.9 Å². The fourth-order valence-corrected chi connectivity index (χ4v) is 2.88. The molecule has 0 bridgehead atoms. The number of carbonyl (C=O) groups excluding carboxylic acids is 1. The Kier molecular flexibility index (Phi) is 4.76. The monoisotopic (exact) mass is 331 g/mol. The summed E-state index contributed by atoms with van der Waals surface area (Å²) in [5, 5.41) is 3.46. The van der Waals surface area contributed by atoms with Crippen molar-refractivity contribution in [2.45, 2.75) is 38.8 Å². The molecule has 0 atom stereocenters. The van der Waals surface area contributed by atoms with Gasteiger partial charge in [-0.05, 0) is 43.4 Å². The predicted octanol–water partition coefficient (Wildman–Crippen LogP) is 2.09. The van der Waals surface area contributed by atoms with E-state index >= 15 is 0 Å². The van der Waals surface area contributed by atoms with Crippen molar-refractivity contribution in [2.75, 3.05) is 0 Å². The SMILES string of the molecule is O=C(Cn1cnc2c(c1=O)CCCC2)NCc1ccc(Cl)cc1. The van der Waals surface area contributed by atoms with Crippen LogP contribution in [-0.2, 0) is 30.7 Å². The summed E-state index contributed by atoms with van der Waals surface area (Å²) in [4.78, 5) is 28.8. The van der Waals surface area contributed by atoms with E-state index in [9.17, 15) is 9.59 Å². The molecule has 1 amide bonds. The van der Waals surface area contributed by atoms with Crippen LogP contribution in [0.3, 0.4) is 0 Å². The van der Waals surface area contributed by atoms with Crippen LogP contribution in [-0.4, -0.2) is 15.5 Å². The molecule has 5 nitrogen and oxygen atoms in total. The lowest BCUT2D eigenvalue weighted by molar-refractivity contribution is -0.121. The highest BCUT2D eigenvalue weighted by Gasteiger charge is 2.16. The van der Waals surface area contributed by atoms with Gasteiger partial charge in [0.25, 0.3) is 5.56 Å². The summed E-state index contributed by atoms with van der Waals surface area (Å²) >= 11 is 5.82. The fourth-order valence-electron chi connectivity index (χ4n) is 2.75. The number of aromatic nitrogens is 2. The molecule has 1 heterocycles. The second-order valence-electron chi connectivity index (χ2n) is 5.71. The topological polar surface area (TPSA) is 64.0 Å². The highest BCUT2D eigenvalue weighted by Crippen LogP contribution is 2.15. The van der Waals surface area contributed by atoms with Crippen LogP contribution in [0.2, 0.25) is 5.02 Å². The maximum absolute atomic E-state index is 12.4. The molecule has 120 valence electrons. The first kappa shape index (κ1) is 15.7.